The molecule has 0 bridgehead atoms. The van der Waals surface area contributed by atoms with Crippen LogP contribution in [0.4, 0.5) is 0 Å². The van der Waals surface area contributed by atoms with Crippen molar-refractivity contribution in [2.45, 2.75) is 25.8 Å². The van der Waals surface area contributed by atoms with E-state index in [1.54, 1.807) is 0 Å². The molecule has 0 spiro atoms. The fourth-order valence-electron chi connectivity index (χ4n) is 1.94. The monoisotopic (exact) mass is 249 g/mol. The molecule has 1 aromatic carbocycles. The zero-order valence-electron chi connectivity index (χ0n) is 10.4. The van der Waals surface area contributed by atoms with Crippen LogP contribution in [0, 0.1) is 5.92 Å². The van der Waals surface area contributed by atoms with Gasteiger partial charge in [-0.2, -0.15) is 0 Å². The number of nitrogens with one attached hydrogen (secondary N) is 1. The molecular weight excluding hydrogens is 230 g/mol. The van der Waals surface area contributed by atoms with E-state index in [2.05, 4.69) is 5.32 Å². The number of amides is 1. The van der Waals surface area contributed by atoms with Gasteiger partial charge in [0, 0.05) is 18.0 Å². The minimum Gasteiger partial charge on any atom is -0.491 e. The molecule has 0 unspecified atom stereocenters. The Balaban J connectivity index is 1.89. The number of carbonyl (C=O) groups excluding carboxylic acids is 1. The SMILES string of the molecule is O=C(NCc1ccccc1OCCO)C1CCC1. The third-order valence-electron chi connectivity index (χ3n) is 3.25. The van der Waals surface area contributed by atoms with E-state index < -0.39 is 0 Å². The van der Waals surface area contributed by atoms with Crippen molar-refractivity contribution in [2.75, 3.05) is 13.2 Å². The number of carbonyl (C=O) groups is 1. The Bertz CT molecular complexity index is 402. The molecule has 0 aliphatic heterocycles. The Morgan fingerprint density at radius 2 is 2.17 bits per heavy atom. The van der Waals surface area contributed by atoms with Crippen molar-refractivity contribution in [1.29, 1.82) is 0 Å². The van der Waals surface area contributed by atoms with E-state index in [0.717, 1.165) is 30.6 Å². The first-order valence-electron chi connectivity index (χ1n) is 6.40. The van der Waals surface area contributed by atoms with Gasteiger partial charge in [0.2, 0.25) is 5.91 Å². The maximum atomic E-state index is 11.7. The summed E-state index contributed by atoms with van der Waals surface area (Å²) in [5, 5.41) is 11.7. The van der Waals surface area contributed by atoms with Crippen molar-refractivity contribution >= 4 is 5.91 Å². The van der Waals surface area contributed by atoms with E-state index >= 15 is 0 Å². The van der Waals surface area contributed by atoms with Crippen molar-refractivity contribution in [3.63, 3.8) is 0 Å². The van der Waals surface area contributed by atoms with Crippen LogP contribution in [0.15, 0.2) is 24.3 Å². The van der Waals surface area contributed by atoms with Crippen LogP contribution in [-0.4, -0.2) is 24.2 Å². The second-order valence-corrected chi connectivity index (χ2v) is 4.53. The number of aliphatic hydroxyl groups is 1. The van der Waals surface area contributed by atoms with Crippen molar-refractivity contribution in [2.24, 2.45) is 5.92 Å². The highest BCUT2D eigenvalue weighted by Gasteiger charge is 2.24. The van der Waals surface area contributed by atoms with Crippen molar-refractivity contribution in [3.8, 4) is 5.75 Å². The highest BCUT2D eigenvalue weighted by atomic mass is 16.5. The second kappa shape index (κ2) is 6.40. The van der Waals surface area contributed by atoms with Gasteiger partial charge in [-0.25, -0.2) is 0 Å². The van der Waals surface area contributed by atoms with Crippen LogP contribution in [0.2, 0.25) is 0 Å². The lowest BCUT2D eigenvalue weighted by Crippen LogP contribution is -2.34. The normalized spacial score (nSPS) is 14.9. The van der Waals surface area contributed by atoms with Gasteiger partial charge in [-0.05, 0) is 18.9 Å². The Morgan fingerprint density at radius 3 is 2.83 bits per heavy atom. The van der Waals surface area contributed by atoms with E-state index in [-0.39, 0.29) is 25.0 Å². The van der Waals surface area contributed by atoms with E-state index in [0.29, 0.717) is 6.54 Å². The van der Waals surface area contributed by atoms with Gasteiger partial charge in [0.25, 0.3) is 0 Å². The first-order valence-corrected chi connectivity index (χ1v) is 6.40. The van der Waals surface area contributed by atoms with E-state index in [1.807, 2.05) is 24.3 Å². The molecule has 4 heteroatoms. The summed E-state index contributed by atoms with van der Waals surface area (Å²) in [6.45, 7) is 0.743. The zero-order chi connectivity index (χ0) is 12.8. The Morgan fingerprint density at radius 1 is 1.39 bits per heavy atom. The average molecular weight is 249 g/mol. The first kappa shape index (κ1) is 12.9. The topological polar surface area (TPSA) is 58.6 Å². The predicted octanol–water partition coefficient (Wildman–Crippen LogP) is 1.47. The van der Waals surface area contributed by atoms with Gasteiger partial charge in [0.05, 0.1) is 6.61 Å². The van der Waals surface area contributed by atoms with Gasteiger partial charge in [-0.3, -0.25) is 4.79 Å². The Labute approximate surface area is 107 Å². The molecule has 0 aromatic heterocycles. The molecule has 0 atom stereocenters. The maximum Gasteiger partial charge on any atom is 0.223 e. The van der Waals surface area contributed by atoms with Crippen LogP contribution in [0.25, 0.3) is 0 Å². The molecule has 2 rings (SSSR count). The van der Waals surface area contributed by atoms with Crippen LogP contribution in [0.3, 0.4) is 0 Å². The van der Waals surface area contributed by atoms with Gasteiger partial charge in [0.15, 0.2) is 0 Å². The number of ether oxygens (including phenoxy) is 1. The Hall–Kier alpha value is -1.55. The van der Waals surface area contributed by atoms with E-state index in [4.69, 9.17) is 9.84 Å². The molecule has 0 saturated heterocycles. The summed E-state index contributed by atoms with van der Waals surface area (Å²) in [6, 6.07) is 7.56. The number of hydrogen-bond donors (Lipinski definition) is 2. The highest BCUT2D eigenvalue weighted by molar-refractivity contribution is 5.79. The number of hydrogen-bond acceptors (Lipinski definition) is 3. The second-order valence-electron chi connectivity index (χ2n) is 4.53. The molecule has 1 fully saturated rings. The number of rotatable bonds is 6. The molecule has 2 N–H and O–H groups in total. The molecule has 0 heterocycles. The lowest BCUT2D eigenvalue weighted by Gasteiger charge is -2.24. The third-order valence-corrected chi connectivity index (χ3v) is 3.25. The summed E-state index contributed by atoms with van der Waals surface area (Å²) in [5.41, 5.74) is 0.943. The minimum atomic E-state index is -0.0111. The molecule has 1 aliphatic carbocycles. The standard InChI is InChI=1S/C14H19NO3/c16-8-9-18-13-7-2-1-4-12(13)10-15-14(17)11-5-3-6-11/h1-2,4,7,11,16H,3,5-6,8-10H2,(H,15,17). The van der Waals surface area contributed by atoms with Crippen LogP contribution in [-0.2, 0) is 11.3 Å². The number of benzene rings is 1. The summed E-state index contributed by atoms with van der Waals surface area (Å²) < 4.78 is 5.42. The number of aliphatic hydroxyl groups excluding tert-OH is 1. The van der Waals surface area contributed by atoms with Gasteiger partial charge < -0.3 is 15.2 Å². The maximum absolute atomic E-state index is 11.7. The lowest BCUT2D eigenvalue weighted by atomic mass is 9.85. The Kier molecular flexibility index (Phi) is 4.59. The van der Waals surface area contributed by atoms with Gasteiger partial charge in [-0.15, -0.1) is 0 Å². The van der Waals surface area contributed by atoms with Gasteiger partial charge >= 0.3 is 0 Å². The van der Waals surface area contributed by atoms with Crippen LogP contribution in [0.1, 0.15) is 24.8 Å². The lowest BCUT2D eigenvalue weighted by molar-refractivity contribution is -0.127. The van der Waals surface area contributed by atoms with Crippen LogP contribution >= 0.6 is 0 Å². The summed E-state index contributed by atoms with van der Waals surface area (Å²) in [4.78, 5) is 11.7. The minimum absolute atomic E-state index is 0.0111. The third kappa shape index (κ3) is 3.23. The first-order chi connectivity index (χ1) is 8.81. The summed E-state index contributed by atoms with van der Waals surface area (Å²) in [6.07, 6.45) is 3.18. The van der Waals surface area contributed by atoms with Crippen molar-refractivity contribution < 1.29 is 14.6 Å². The smallest absolute Gasteiger partial charge is 0.223 e. The molecule has 18 heavy (non-hydrogen) atoms. The van der Waals surface area contributed by atoms with E-state index in [9.17, 15) is 4.79 Å². The zero-order valence-corrected chi connectivity index (χ0v) is 10.4. The fourth-order valence-corrected chi connectivity index (χ4v) is 1.94. The molecule has 1 aromatic rings. The molecule has 1 aliphatic rings. The van der Waals surface area contributed by atoms with Gasteiger partial charge in [0.1, 0.15) is 12.4 Å². The highest BCUT2D eigenvalue weighted by Crippen LogP contribution is 2.26. The number of para-hydroxylation sites is 1. The van der Waals surface area contributed by atoms with E-state index in [1.165, 1.54) is 0 Å². The summed E-state index contributed by atoms with van der Waals surface area (Å²) in [5.74, 6) is 1.06. The van der Waals surface area contributed by atoms with Crippen molar-refractivity contribution in [1.82, 2.24) is 5.32 Å². The van der Waals surface area contributed by atoms with Crippen LogP contribution < -0.4 is 10.1 Å². The molecule has 1 amide bonds. The molecule has 1 saturated carbocycles. The molecule has 0 radical (unpaired) electrons. The summed E-state index contributed by atoms with van der Waals surface area (Å²) >= 11 is 0. The fraction of sp³-hybridized carbons (Fsp3) is 0.500. The predicted molar refractivity (Wildman–Crippen MR) is 68.2 cm³/mol. The average Bonchev–Trinajstić information content (AvgIpc) is 2.32. The summed E-state index contributed by atoms with van der Waals surface area (Å²) in [7, 11) is 0. The molecule has 4 nitrogen and oxygen atoms in total. The largest absolute Gasteiger partial charge is 0.491 e. The molecule has 98 valence electrons. The quantitative estimate of drug-likeness (QED) is 0.802. The molecular formula is C14H19NO3. The van der Waals surface area contributed by atoms with Gasteiger partial charge in [-0.1, -0.05) is 24.6 Å². The van der Waals surface area contributed by atoms with Crippen molar-refractivity contribution in [3.05, 3.63) is 29.8 Å². The van der Waals surface area contributed by atoms with Crippen LogP contribution in [0.5, 0.6) is 5.75 Å².